The number of hydrogen-bond acceptors (Lipinski definition) is 4. The molecule has 0 saturated heterocycles. The lowest BCUT2D eigenvalue weighted by Crippen LogP contribution is -2.38. The van der Waals surface area contributed by atoms with Gasteiger partial charge in [0.25, 0.3) is 11.8 Å². The number of amides is 2. The summed E-state index contributed by atoms with van der Waals surface area (Å²) in [5.74, 6) is 0.943. The van der Waals surface area contributed by atoms with Crippen molar-refractivity contribution in [1.82, 2.24) is 10.6 Å². The maximum absolute atomic E-state index is 12.0. The Morgan fingerprint density at radius 3 is 1.90 bits per heavy atom. The second-order valence-electron chi connectivity index (χ2n) is 7.18. The molecule has 29 heavy (non-hydrogen) atoms. The number of rotatable bonds is 9. The molecule has 2 rings (SSSR count). The molecule has 2 aromatic rings. The molecule has 0 saturated carbocycles. The van der Waals surface area contributed by atoms with E-state index in [1.807, 2.05) is 65.0 Å². The van der Waals surface area contributed by atoms with Crippen LogP contribution in [-0.4, -0.2) is 38.1 Å². The van der Waals surface area contributed by atoms with Crippen molar-refractivity contribution in [3.05, 3.63) is 58.1 Å². The van der Waals surface area contributed by atoms with Gasteiger partial charge in [-0.25, -0.2) is 0 Å². The first kappa shape index (κ1) is 22.3. The van der Waals surface area contributed by atoms with Crippen molar-refractivity contribution in [2.45, 2.75) is 34.6 Å². The summed E-state index contributed by atoms with van der Waals surface area (Å²) >= 11 is 0. The van der Waals surface area contributed by atoms with Crippen LogP contribution in [0.1, 0.15) is 27.8 Å². The third kappa shape index (κ3) is 6.82. The maximum Gasteiger partial charge on any atom is 0.258 e. The second-order valence-corrected chi connectivity index (χ2v) is 7.18. The molecule has 0 heterocycles. The summed E-state index contributed by atoms with van der Waals surface area (Å²) in [5.41, 5.74) is 5.45. The molecule has 0 fully saturated rings. The zero-order valence-electron chi connectivity index (χ0n) is 17.8. The van der Waals surface area contributed by atoms with Gasteiger partial charge >= 0.3 is 0 Å². The van der Waals surface area contributed by atoms with E-state index in [9.17, 15) is 9.59 Å². The Labute approximate surface area is 172 Å². The van der Waals surface area contributed by atoms with E-state index < -0.39 is 0 Å². The molecule has 0 unspecified atom stereocenters. The van der Waals surface area contributed by atoms with Crippen LogP contribution in [0.3, 0.4) is 0 Å². The average molecular weight is 399 g/mol. The highest BCUT2D eigenvalue weighted by Gasteiger charge is 2.09. The number of benzene rings is 2. The van der Waals surface area contributed by atoms with Crippen molar-refractivity contribution in [1.29, 1.82) is 0 Å². The lowest BCUT2D eigenvalue weighted by molar-refractivity contribution is -0.124. The first-order valence-electron chi connectivity index (χ1n) is 9.71. The van der Waals surface area contributed by atoms with E-state index in [-0.39, 0.29) is 25.0 Å². The van der Waals surface area contributed by atoms with Crippen LogP contribution in [0, 0.1) is 34.6 Å². The molecule has 2 amide bonds. The van der Waals surface area contributed by atoms with E-state index in [0.717, 1.165) is 28.0 Å². The fraction of sp³-hybridized carbons (Fsp3) is 0.391. The van der Waals surface area contributed by atoms with Gasteiger partial charge in [-0.1, -0.05) is 18.2 Å². The Kier molecular flexibility index (Phi) is 8.07. The monoisotopic (exact) mass is 398 g/mol. The zero-order valence-corrected chi connectivity index (χ0v) is 17.8. The smallest absolute Gasteiger partial charge is 0.258 e. The van der Waals surface area contributed by atoms with Crippen molar-refractivity contribution in [3.63, 3.8) is 0 Å². The van der Waals surface area contributed by atoms with E-state index in [1.54, 1.807) is 0 Å². The number of carbonyl (C=O) groups is 2. The van der Waals surface area contributed by atoms with Crippen molar-refractivity contribution in [2.24, 2.45) is 0 Å². The highest BCUT2D eigenvalue weighted by Crippen LogP contribution is 2.25. The molecule has 0 aliphatic carbocycles. The summed E-state index contributed by atoms with van der Waals surface area (Å²) in [6, 6.07) is 9.71. The summed E-state index contributed by atoms with van der Waals surface area (Å²) in [5, 5.41) is 5.44. The minimum atomic E-state index is -0.236. The van der Waals surface area contributed by atoms with Crippen LogP contribution in [-0.2, 0) is 9.59 Å². The predicted octanol–water partition coefficient (Wildman–Crippen LogP) is 2.92. The van der Waals surface area contributed by atoms with Gasteiger partial charge in [0.1, 0.15) is 11.5 Å². The first-order valence-corrected chi connectivity index (χ1v) is 9.71. The molecule has 0 aromatic heterocycles. The third-order valence-electron chi connectivity index (χ3n) is 4.84. The Hall–Kier alpha value is -3.02. The largest absolute Gasteiger partial charge is 0.484 e. The van der Waals surface area contributed by atoms with Crippen LogP contribution in [0.4, 0.5) is 0 Å². The standard InChI is InChI=1S/C23H30N2O4/c1-15-8-9-20(12-18(15)4)28-13-21(26)24-10-11-25-22(27)14-29-23-17(3)7-6-16(2)19(23)5/h6-9,12H,10-11,13-14H2,1-5H3,(H,24,26)(H,25,27). The van der Waals surface area contributed by atoms with Gasteiger partial charge in [0.05, 0.1) is 0 Å². The van der Waals surface area contributed by atoms with Gasteiger partial charge in [0, 0.05) is 13.1 Å². The summed E-state index contributed by atoms with van der Waals surface area (Å²) < 4.78 is 11.2. The zero-order chi connectivity index (χ0) is 21.4. The molecule has 156 valence electrons. The third-order valence-corrected chi connectivity index (χ3v) is 4.84. The SMILES string of the molecule is Cc1ccc(OCC(=O)NCCNC(=O)COc2c(C)ccc(C)c2C)cc1C. The van der Waals surface area contributed by atoms with Crippen LogP contribution in [0.2, 0.25) is 0 Å². The molecule has 2 N–H and O–H groups in total. The van der Waals surface area contributed by atoms with Crippen molar-refractivity contribution >= 4 is 11.8 Å². The molecule has 2 aromatic carbocycles. The number of ether oxygens (including phenoxy) is 2. The number of aryl methyl sites for hydroxylation is 4. The van der Waals surface area contributed by atoms with Crippen LogP contribution >= 0.6 is 0 Å². The highest BCUT2D eigenvalue weighted by molar-refractivity contribution is 5.78. The van der Waals surface area contributed by atoms with Crippen molar-refractivity contribution in [2.75, 3.05) is 26.3 Å². The summed E-state index contributed by atoms with van der Waals surface area (Å²) in [6.45, 7) is 10.5. The van der Waals surface area contributed by atoms with Gasteiger partial charge in [0.2, 0.25) is 0 Å². The maximum atomic E-state index is 12.0. The van der Waals surface area contributed by atoms with Crippen molar-refractivity contribution in [3.8, 4) is 11.5 Å². The molecular formula is C23H30N2O4. The highest BCUT2D eigenvalue weighted by atomic mass is 16.5. The molecule has 0 aliphatic rings. The summed E-state index contributed by atoms with van der Waals surface area (Å²) in [6.07, 6.45) is 0. The first-order chi connectivity index (χ1) is 13.8. The molecule has 0 radical (unpaired) electrons. The number of carbonyl (C=O) groups excluding carboxylic acids is 2. The summed E-state index contributed by atoms with van der Waals surface area (Å²) in [7, 11) is 0. The Balaban J connectivity index is 1.64. The second kappa shape index (κ2) is 10.5. The predicted molar refractivity (Wildman–Crippen MR) is 114 cm³/mol. The van der Waals surface area contributed by atoms with E-state index in [4.69, 9.17) is 9.47 Å². The van der Waals surface area contributed by atoms with Gasteiger partial charge in [-0.05, 0) is 74.6 Å². The minimum absolute atomic E-state index is 0.0605. The topological polar surface area (TPSA) is 76.7 Å². The molecule has 6 nitrogen and oxygen atoms in total. The molecule has 6 heteroatoms. The lowest BCUT2D eigenvalue weighted by Gasteiger charge is -2.14. The summed E-state index contributed by atoms with van der Waals surface area (Å²) in [4.78, 5) is 23.8. The fourth-order valence-corrected chi connectivity index (χ4v) is 2.74. The number of hydrogen-bond donors (Lipinski definition) is 2. The Morgan fingerprint density at radius 1 is 0.724 bits per heavy atom. The quantitative estimate of drug-likeness (QED) is 0.637. The molecule has 0 aliphatic heterocycles. The molecule has 0 atom stereocenters. The molecule has 0 bridgehead atoms. The van der Waals surface area contributed by atoms with Crippen molar-refractivity contribution < 1.29 is 19.1 Å². The molecular weight excluding hydrogens is 368 g/mol. The van der Waals surface area contributed by atoms with Gasteiger partial charge in [0.15, 0.2) is 13.2 Å². The minimum Gasteiger partial charge on any atom is -0.484 e. The Bertz CT molecular complexity index is 877. The lowest BCUT2D eigenvalue weighted by atomic mass is 10.1. The van der Waals surface area contributed by atoms with E-state index >= 15 is 0 Å². The normalized spacial score (nSPS) is 10.4. The van der Waals surface area contributed by atoms with Gasteiger partial charge in [-0.15, -0.1) is 0 Å². The van der Waals surface area contributed by atoms with Gasteiger partial charge in [-0.2, -0.15) is 0 Å². The van der Waals surface area contributed by atoms with Crippen LogP contribution in [0.5, 0.6) is 11.5 Å². The fourth-order valence-electron chi connectivity index (χ4n) is 2.74. The van der Waals surface area contributed by atoms with E-state index in [2.05, 4.69) is 10.6 Å². The van der Waals surface area contributed by atoms with Crippen LogP contribution < -0.4 is 20.1 Å². The van der Waals surface area contributed by atoms with Crippen LogP contribution in [0.15, 0.2) is 30.3 Å². The number of nitrogens with one attached hydrogen (secondary N) is 2. The van der Waals surface area contributed by atoms with E-state index in [1.165, 1.54) is 5.56 Å². The molecule has 0 spiro atoms. The van der Waals surface area contributed by atoms with E-state index in [0.29, 0.717) is 18.8 Å². The Morgan fingerprint density at radius 2 is 1.28 bits per heavy atom. The van der Waals surface area contributed by atoms with Gasteiger partial charge < -0.3 is 20.1 Å². The van der Waals surface area contributed by atoms with Gasteiger partial charge in [-0.3, -0.25) is 9.59 Å². The average Bonchev–Trinajstić information content (AvgIpc) is 2.69. The van der Waals surface area contributed by atoms with Crippen LogP contribution in [0.25, 0.3) is 0 Å².